The maximum atomic E-state index is 11.8. The quantitative estimate of drug-likeness (QED) is 0.809. The van der Waals surface area contributed by atoms with Crippen LogP contribution in [-0.4, -0.2) is 35.1 Å². The molecule has 1 rings (SSSR count). The van der Waals surface area contributed by atoms with Gasteiger partial charge in [-0.05, 0) is 25.5 Å². The van der Waals surface area contributed by atoms with Crippen molar-refractivity contribution < 1.29 is 19.1 Å². The minimum absolute atomic E-state index is 0.0450. The lowest BCUT2D eigenvalue weighted by molar-refractivity contribution is -0.137. The van der Waals surface area contributed by atoms with Crippen molar-refractivity contribution in [1.29, 1.82) is 0 Å². The first-order valence-electron chi connectivity index (χ1n) is 5.75. The van der Waals surface area contributed by atoms with Crippen LogP contribution in [0.1, 0.15) is 25.5 Å². The molecule has 0 aromatic carbocycles. The first-order valence-corrected chi connectivity index (χ1v) is 5.75. The van der Waals surface area contributed by atoms with Crippen LogP contribution >= 0.6 is 0 Å². The van der Waals surface area contributed by atoms with Gasteiger partial charge >= 0.3 is 12.0 Å². The van der Waals surface area contributed by atoms with Gasteiger partial charge in [-0.1, -0.05) is 0 Å². The first kappa shape index (κ1) is 14.1. The molecule has 100 valence electrons. The Morgan fingerprint density at radius 3 is 2.83 bits per heavy atom. The maximum absolute atomic E-state index is 11.8. The van der Waals surface area contributed by atoms with Gasteiger partial charge in [0, 0.05) is 19.5 Å². The molecule has 1 aromatic heterocycles. The summed E-state index contributed by atoms with van der Waals surface area (Å²) in [4.78, 5) is 23.6. The summed E-state index contributed by atoms with van der Waals surface area (Å²) >= 11 is 0. The summed E-state index contributed by atoms with van der Waals surface area (Å²) in [7, 11) is 1.65. The second-order valence-corrected chi connectivity index (χ2v) is 4.22. The average Bonchev–Trinajstić information content (AvgIpc) is 2.79. The zero-order valence-electron chi connectivity index (χ0n) is 10.5. The number of carbonyl (C=O) groups excluding carboxylic acids is 1. The van der Waals surface area contributed by atoms with Crippen molar-refractivity contribution in [2.75, 3.05) is 7.05 Å². The molecule has 2 amide bonds. The van der Waals surface area contributed by atoms with Gasteiger partial charge in [-0.3, -0.25) is 4.79 Å². The Morgan fingerprint density at radius 1 is 1.56 bits per heavy atom. The number of nitrogens with one attached hydrogen (secondary N) is 1. The predicted molar refractivity (Wildman–Crippen MR) is 65.0 cm³/mol. The highest BCUT2D eigenvalue weighted by Crippen LogP contribution is 2.04. The molecule has 0 spiro atoms. The van der Waals surface area contributed by atoms with Crippen molar-refractivity contribution in [2.45, 2.75) is 32.4 Å². The smallest absolute Gasteiger partial charge is 0.317 e. The number of rotatable bonds is 6. The summed E-state index contributed by atoms with van der Waals surface area (Å²) in [5.41, 5.74) is 0. The van der Waals surface area contributed by atoms with Crippen molar-refractivity contribution in [3.8, 4) is 0 Å². The molecule has 1 atom stereocenters. The van der Waals surface area contributed by atoms with E-state index in [0.717, 1.165) is 0 Å². The van der Waals surface area contributed by atoms with Gasteiger partial charge in [0.25, 0.3) is 0 Å². The Hall–Kier alpha value is -1.98. The molecular weight excluding hydrogens is 236 g/mol. The van der Waals surface area contributed by atoms with Crippen LogP contribution in [0.3, 0.4) is 0 Å². The summed E-state index contributed by atoms with van der Waals surface area (Å²) in [6, 6.07) is 3.13. The lowest BCUT2D eigenvalue weighted by atomic mass is 10.2. The van der Waals surface area contributed by atoms with Crippen LogP contribution in [0.15, 0.2) is 22.8 Å². The average molecular weight is 254 g/mol. The zero-order valence-corrected chi connectivity index (χ0v) is 10.5. The van der Waals surface area contributed by atoms with Gasteiger partial charge in [0.1, 0.15) is 5.76 Å². The minimum atomic E-state index is -0.861. The number of carboxylic acid groups (broad SMARTS) is 1. The van der Waals surface area contributed by atoms with E-state index in [0.29, 0.717) is 18.7 Å². The molecule has 0 aliphatic carbocycles. The molecule has 0 bridgehead atoms. The number of hydrogen-bond acceptors (Lipinski definition) is 3. The maximum Gasteiger partial charge on any atom is 0.317 e. The SMILES string of the molecule is CC(CCC(=O)O)NC(=O)N(C)Cc1ccco1. The third-order valence-electron chi connectivity index (χ3n) is 2.48. The molecule has 0 saturated carbocycles. The number of nitrogens with zero attached hydrogens (tertiary/aromatic N) is 1. The fourth-order valence-corrected chi connectivity index (χ4v) is 1.44. The molecule has 1 aromatic rings. The van der Waals surface area contributed by atoms with E-state index < -0.39 is 5.97 Å². The molecule has 6 nitrogen and oxygen atoms in total. The molecule has 2 N–H and O–H groups in total. The van der Waals surface area contributed by atoms with Crippen LogP contribution in [0.5, 0.6) is 0 Å². The summed E-state index contributed by atoms with van der Waals surface area (Å²) in [5, 5.41) is 11.3. The molecule has 0 aliphatic heterocycles. The standard InChI is InChI=1S/C12H18N2O4/c1-9(5-6-11(15)16)13-12(17)14(2)8-10-4-3-7-18-10/h3-4,7,9H,5-6,8H2,1-2H3,(H,13,17)(H,15,16). The largest absolute Gasteiger partial charge is 0.481 e. The molecule has 18 heavy (non-hydrogen) atoms. The monoisotopic (exact) mass is 254 g/mol. The Balaban J connectivity index is 2.33. The van der Waals surface area contributed by atoms with Crippen LogP contribution in [-0.2, 0) is 11.3 Å². The number of hydrogen-bond donors (Lipinski definition) is 2. The Morgan fingerprint density at radius 2 is 2.28 bits per heavy atom. The molecule has 1 unspecified atom stereocenters. The molecule has 0 radical (unpaired) electrons. The molecule has 0 saturated heterocycles. The number of amides is 2. The predicted octanol–water partition coefficient (Wildman–Crippen LogP) is 1.67. The normalized spacial score (nSPS) is 11.9. The summed E-state index contributed by atoms with van der Waals surface area (Å²) < 4.78 is 5.14. The van der Waals surface area contributed by atoms with E-state index in [1.807, 2.05) is 0 Å². The molecule has 0 aliphatic rings. The lowest BCUT2D eigenvalue weighted by Crippen LogP contribution is -2.41. The highest BCUT2D eigenvalue weighted by molar-refractivity contribution is 5.74. The fourth-order valence-electron chi connectivity index (χ4n) is 1.44. The summed E-state index contributed by atoms with van der Waals surface area (Å²) in [6.07, 6.45) is 2.01. The van der Waals surface area contributed by atoms with Crippen molar-refractivity contribution >= 4 is 12.0 Å². The van der Waals surface area contributed by atoms with E-state index in [4.69, 9.17) is 9.52 Å². The second kappa shape index (κ2) is 6.68. The number of carbonyl (C=O) groups is 2. The Bertz CT molecular complexity index is 389. The van der Waals surface area contributed by atoms with Gasteiger partial charge in [0.05, 0.1) is 12.8 Å². The van der Waals surface area contributed by atoms with Gasteiger partial charge in [0.2, 0.25) is 0 Å². The highest BCUT2D eigenvalue weighted by Gasteiger charge is 2.13. The molecule has 1 heterocycles. The van der Waals surface area contributed by atoms with Crippen LogP contribution in [0.4, 0.5) is 4.79 Å². The minimum Gasteiger partial charge on any atom is -0.481 e. The zero-order chi connectivity index (χ0) is 13.5. The van der Waals surface area contributed by atoms with Gasteiger partial charge in [-0.15, -0.1) is 0 Å². The molecule has 6 heteroatoms. The topological polar surface area (TPSA) is 82.8 Å². The third-order valence-corrected chi connectivity index (χ3v) is 2.48. The van der Waals surface area contributed by atoms with E-state index in [-0.39, 0.29) is 18.5 Å². The second-order valence-electron chi connectivity index (χ2n) is 4.22. The number of carboxylic acids is 1. The number of aliphatic carboxylic acids is 1. The fraction of sp³-hybridized carbons (Fsp3) is 0.500. The van der Waals surface area contributed by atoms with Crippen LogP contribution in [0.2, 0.25) is 0 Å². The lowest BCUT2D eigenvalue weighted by Gasteiger charge is -2.20. The van der Waals surface area contributed by atoms with E-state index >= 15 is 0 Å². The van der Waals surface area contributed by atoms with Gasteiger partial charge in [-0.2, -0.15) is 0 Å². The van der Waals surface area contributed by atoms with Gasteiger partial charge in [0.15, 0.2) is 0 Å². The van der Waals surface area contributed by atoms with Crippen LogP contribution < -0.4 is 5.32 Å². The van der Waals surface area contributed by atoms with Crippen molar-refractivity contribution in [3.05, 3.63) is 24.2 Å². The Labute approximate surface area is 106 Å². The van der Waals surface area contributed by atoms with Gasteiger partial charge in [-0.25, -0.2) is 4.79 Å². The van der Waals surface area contributed by atoms with Crippen molar-refractivity contribution in [2.24, 2.45) is 0 Å². The van der Waals surface area contributed by atoms with Crippen molar-refractivity contribution in [3.63, 3.8) is 0 Å². The van der Waals surface area contributed by atoms with E-state index in [1.165, 1.54) is 4.90 Å². The summed E-state index contributed by atoms with van der Waals surface area (Å²) in [6.45, 7) is 2.16. The first-order chi connectivity index (χ1) is 8.49. The van der Waals surface area contributed by atoms with Gasteiger partial charge < -0.3 is 19.7 Å². The highest BCUT2D eigenvalue weighted by atomic mass is 16.4. The number of furan rings is 1. The van der Waals surface area contributed by atoms with Crippen molar-refractivity contribution in [1.82, 2.24) is 10.2 Å². The molecular formula is C12H18N2O4. The number of urea groups is 1. The van der Waals surface area contributed by atoms with E-state index in [9.17, 15) is 9.59 Å². The summed E-state index contributed by atoms with van der Waals surface area (Å²) in [5.74, 6) is -0.161. The Kier molecular flexibility index (Phi) is 5.23. The van der Waals surface area contributed by atoms with E-state index in [2.05, 4.69) is 5.32 Å². The molecule has 0 fully saturated rings. The van der Waals surface area contributed by atoms with Crippen LogP contribution in [0, 0.1) is 0 Å². The van der Waals surface area contributed by atoms with E-state index in [1.54, 1.807) is 32.4 Å². The van der Waals surface area contributed by atoms with Crippen LogP contribution in [0.25, 0.3) is 0 Å². The third kappa shape index (κ3) is 4.90.